The predicted octanol–water partition coefficient (Wildman–Crippen LogP) is 2.03. The minimum absolute atomic E-state index is 0.0123. The topological polar surface area (TPSA) is 53.8 Å². The van der Waals surface area contributed by atoms with Crippen LogP contribution in [0.4, 0.5) is 0 Å². The smallest absolute Gasteiger partial charge is 0.236 e. The lowest BCUT2D eigenvalue weighted by molar-refractivity contribution is -0.129. The van der Waals surface area contributed by atoms with Crippen molar-refractivity contribution in [2.75, 3.05) is 33.7 Å². The summed E-state index contributed by atoms with van der Waals surface area (Å²) in [5, 5.41) is 0.817. The molecule has 1 amide bonds. The molecular formula is C16H20N2O3. The molecule has 0 bridgehead atoms. The van der Waals surface area contributed by atoms with Crippen molar-refractivity contribution in [3.63, 3.8) is 0 Å². The first-order valence-electron chi connectivity index (χ1n) is 6.95. The van der Waals surface area contributed by atoms with Crippen molar-refractivity contribution in [1.82, 2.24) is 9.80 Å². The molecule has 0 aliphatic carbocycles. The number of fused-ring (bicyclic) bond motifs is 1. The maximum atomic E-state index is 12.4. The molecule has 0 saturated heterocycles. The zero-order valence-corrected chi connectivity index (χ0v) is 12.6. The van der Waals surface area contributed by atoms with Crippen molar-refractivity contribution in [1.29, 1.82) is 0 Å². The molecule has 1 heterocycles. The van der Waals surface area contributed by atoms with Gasteiger partial charge in [-0.25, -0.2) is 0 Å². The number of Topliss-reactive ketones (excluding diaryl/α,β-unsaturated/α-hetero) is 1. The molecule has 2 aromatic rings. The van der Waals surface area contributed by atoms with Crippen molar-refractivity contribution in [3.8, 4) is 0 Å². The predicted molar refractivity (Wildman–Crippen MR) is 81.4 cm³/mol. The third-order valence-electron chi connectivity index (χ3n) is 3.45. The van der Waals surface area contributed by atoms with E-state index in [1.807, 2.05) is 36.1 Å². The lowest BCUT2D eigenvalue weighted by atomic mass is 10.1. The molecule has 0 saturated carbocycles. The highest BCUT2D eigenvalue weighted by molar-refractivity contribution is 6.08. The Hall–Kier alpha value is -2.14. The van der Waals surface area contributed by atoms with Crippen LogP contribution in [0, 0.1) is 0 Å². The van der Waals surface area contributed by atoms with Gasteiger partial charge in [-0.05, 0) is 12.6 Å². The monoisotopic (exact) mass is 288 g/mol. The number of carbonyl (C=O) groups is 2. The van der Waals surface area contributed by atoms with E-state index >= 15 is 0 Å². The van der Waals surface area contributed by atoms with Gasteiger partial charge in [0.05, 0.1) is 18.7 Å². The Kier molecular flexibility index (Phi) is 4.75. The standard InChI is InChI=1S/C16H20N2O3/c1-4-18(10-16(20)17(2)3)9-14(19)13-11-21-15-8-6-5-7-12(13)15/h5-8,11H,4,9-10H2,1-3H3. The first kappa shape index (κ1) is 15.3. The highest BCUT2D eigenvalue weighted by Crippen LogP contribution is 2.21. The zero-order chi connectivity index (χ0) is 15.4. The quantitative estimate of drug-likeness (QED) is 0.763. The summed E-state index contributed by atoms with van der Waals surface area (Å²) in [7, 11) is 3.42. The van der Waals surface area contributed by atoms with Crippen molar-refractivity contribution >= 4 is 22.7 Å². The fourth-order valence-electron chi connectivity index (χ4n) is 2.09. The summed E-state index contributed by atoms with van der Waals surface area (Å²) in [5.41, 5.74) is 1.27. The lowest BCUT2D eigenvalue weighted by Gasteiger charge is -2.20. The molecule has 0 N–H and O–H groups in total. The van der Waals surface area contributed by atoms with E-state index in [1.165, 1.54) is 11.2 Å². The van der Waals surface area contributed by atoms with Crippen molar-refractivity contribution in [2.45, 2.75) is 6.92 Å². The molecule has 21 heavy (non-hydrogen) atoms. The van der Waals surface area contributed by atoms with E-state index in [1.54, 1.807) is 14.1 Å². The summed E-state index contributed by atoms with van der Waals surface area (Å²) >= 11 is 0. The molecule has 112 valence electrons. The van der Waals surface area contributed by atoms with Gasteiger partial charge in [0.15, 0.2) is 5.78 Å². The third-order valence-corrected chi connectivity index (χ3v) is 3.45. The van der Waals surface area contributed by atoms with E-state index < -0.39 is 0 Å². The number of hydrogen-bond acceptors (Lipinski definition) is 4. The van der Waals surface area contributed by atoms with Crippen LogP contribution in [-0.2, 0) is 4.79 Å². The minimum Gasteiger partial charge on any atom is -0.464 e. The van der Waals surface area contributed by atoms with Gasteiger partial charge in [-0.3, -0.25) is 14.5 Å². The van der Waals surface area contributed by atoms with Crippen LogP contribution in [0.3, 0.4) is 0 Å². The molecule has 0 aliphatic rings. The van der Waals surface area contributed by atoms with Crippen LogP contribution in [0.2, 0.25) is 0 Å². The van der Waals surface area contributed by atoms with E-state index in [2.05, 4.69) is 0 Å². The molecule has 0 unspecified atom stereocenters. The number of furan rings is 1. The fraction of sp³-hybridized carbons (Fsp3) is 0.375. The molecule has 1 aromatic heterocycles. The van der Waals surface area contributed by atoms with E-state index in [0.717, 1.165) is 5.39 Å². The molecule has 5 nitrogen and oxygen atoms in total. The molecule has 0 atom stereocenters. The van der Waals surface area contributed by atoms with Crippen molar-refractivity contribution < 1.29 is 14.0 Å². The van der Waals surface area contributed by atoms with Gasteiger partial charge >= 0.3 is 0 Å². The molecule has 0 aliphatic heterocycles. The largest absolute Gasteiger partial charge is 0.464 e. The Morgan fingerprint density at radius 3 is 2.52 bits per heavy atom. The van der Waals surface area contributed by atoms with Crippen LogP contribution in [0.5, 0.6) is 0 Å². The normalized spacial score (nSPS) is 11.0. The SMILES string of the molecule is CCN(CC(=O)c1coc2ccccc12)CC(=O)N(C)C. The summed E-state index contributed by atoms with van der Waals surface area (Å²) < 4.78 is 5.39. The Balaban J connectivity index is 2.11. The first-order chi connectivity index (χ1) is 10.0. The second kappa shape index (κ2) is 6.54. The number of benzene rings is 1. The third kappa shape index (κ3) is 3.49. The lowest BCUT2D eigenvalue weighted by Crippen LogP contribution is -2.39. The van der Waals surface area contributed by atoms with Crippen molar-refractivity contribution in [2.24, 2.45) is 0 Å². The molecule has 5 heteroatoms. The van der Waals surface area contributed by atoms with E-state index in [-0.39, 0.29) is 24.8 Å². The summed E-state index contributed by atoms with van der Waals surface area (Å²) in [6, 6.07) is 7.45. The second-order valence-corrected chi connectivity index (χ2v) is 5.16. The summed E-state index contributed by atoms with van der Waals surface area (Å²) in [5.74, 6) is -0.0462. The maximum Gasteiger partial charge on any atom is 0.236 e. The number of rotatable bonds is 6. The van der Waals surface area contributed by atoms with Crippen molar-refractivity contribution in [3.05, 3.63) is 36.1 Å². The first-order valence-corrected chi connectivity index (χ1v) is 6.95. The molecule has 0 fully saturated rings. The van der Waals surface area contributed by atoms with E-state index in [4.69, 9.17) is 4.42 Å². The Labute approximate surface area is 124 Å². The van der Waals surface area contributed by atoms with Crippen LogP contribution in [0.25, 0.3) is 11.0 Å². The Morgan fingerprint density at radius 1 is 1.14 bits per heavy atom. The number of hydrogen-bond donors (Lipinski definition) is 0. The van der Waals surface area contributed by atoms with E-state index in [0.29, 0.717) is 17.7 Å². The number of para-hydroxylation sites is 1. The number of ketones is 1. The van der Waals surface area contributed by atoms with Gasteiger partial charge < -0.3 is 9.32 Å². The van der Waals surface area contributed by atoms with Crippen LogP contribution < -0.4 is 0 Å². The van der Waals surface area contributed by atoms with Gasteiger partial charge in [0.2, 0.25) is 5.91 Å². The second-order valence-electron chi connectivity index (χ2n) is 5.16. The van der Waals surface area contributed by atoms with Gasteiger partial charge in [-0.1, -0.05) is 25.1 Å². The van der Waals surface area contributed by atoms with Crippen LogP contribution in [-0.4, -0.2) is 55.2 Å². The average molecular weight is 288 g/mol. The Bertz CT molecular complexity index is 646. The summed E-state index contributed by atoms with van der Waals surface area (Å²) in [6.45, 7) is 3.02. The molecule has 1 aromatic carbocycles. The fourth-order valence-corrected chi connectivity index (χ4v) is 2.09. The van der Waals surface area contributed by atoms with Gasteiger partial charge in [0.1, 0.15) is 11.8 Å². The van der Waals surface area contributed by atoms with Gasteiger partial charge in [-0.15, -0.1) is 0 Å². The average Bonchev–Trinajstić information content (AvgIpc) is 2.90. The number of carbonyl (C=O) groups excluding carboxylic acids is 2. The summed E-state index contributed by atoms with van der Waals surface area (Å²) in [6.07, 6.45) is 1.49. The van der Waals surface area contributed by atoms with Gasteiger partial charge in [-0.2, -0.15) is 0 Å². The molecule has 2 rings (SSSR count). The minimum atomic E-state index is -0.0339. The highest BCUT2D eigenvalue weighted by atomic mass is 16.3. The van der Waals surface area contributed by atoms with E-state index in [9.17, 15) is 9.59 Å². The maximum absolute atomic E-state index is 12.4. The van der Waals surface area contributed by atoms with Crippen LogP contribution in [0.1, 0.15) is 17.3 Å². The zero-order valence-electron chi connectivity index (χ0n) is 12.6. The molecule has 0 radical (unpaired) electrons. The van der Waals surface area contributed by atoms with Gasteiger partial charge in [0.25, 0.3) is 0 Å². The Morgan fingerprint density at radius 2 is 1.86 bits per heavy atom. The number of likely N-dealkylation sites (N-methyl/N-ethyl adjacent to an activating group) is 2. The van der Waals surface area contributed by atoms with Crippen LogP contribution in [0.15, 0.2) is 34.9 Å². The number of amides is 1. The summed E-state index contributed by atoms with van der Waals surface area (Å²) in [4.78, 5) is 27.5. The van der Waals surface area contributed by atoms with Gasteiger partial charge in [0, 0.05) is 19.5 Å². The molecular weight excluding hydrogens is 268 g/mol. The molecule has 0 spiro atoms. The van der Waals surface area contributed by atoms with Crippen LogP contribution >= 0.6 is 0 Å². The number of nitrogens with zero attached hydrogens (tertiary/aromatic N) is 2. The highest BCUT2D eigenvalue weighted by Gasteiger charge is 2.18.